The second kappa shape index (κ2) is 4.47. The van der Waals surface area contributed by atoms with Crippen molar-refractivity contribution in [2.75, 3.05) is 7.11 Å². The Balaban J connectivity index is 2.16. The molecule has 0 spiro atoms. The number of imidazole rings is 1. The van der Waals surface area contributed by atoms with Crippen molar-refractivity contribution in [3.8, 4) is 5.88 Å². The molecular weight excluding hydrogens is 264 g/mol. The van der Waals surface area contributed by atoms with Gasteiger partial charge >= 0.3 is 0 Å². The summed E-state index contributed by atoms with van der Waals surface area (Å²) in [4.78, 5) is 11.4. The number of aryl methyl sites for hydroxylation is 1. The molecular formula is C11H12N6OS. The molecule has 0 saturated heterocycles. The summed E-state index contributed by atoms with van der Waals surface area (Å²) < 4.78 is 9.47. The molecule has 19 heavy (non-hydrogen) atoms. The minimum Gasteiger partial charge on any atom is -0.479 e. The van der Waals surface area contributed by atoms with Crippen molar-refractivity contribution >= 4 is 23.4 Å². The SMILES string of the molecule is COc1ncnc2c1[nH]c(=S)n2Cc1ccnn1C. The Labute approximate surface area is 113 Å². The minimum absolute atomic E-state index is 0.486. The van der Waals surface area contributed by atoms with E-state index in [-0.39, 0.29) is 0 Å². The highest BCUT2D eigenvalue weighted by Crippen LogP contribution is 2.20. The average Bonchev–Trinajstić information content (AvgIpc) is 2.95. The minimum atomic E-state index is 0.486. The molecule has 98 valence electrons. The van der Waals surface area contributed by atoms with E-state index in [9.17, 15) is 0 Å². The fraction of sp³-hybridized carbons (Fsp3) is 0.273. The number of rotatable bonds is 3. The number of aromatic amines is 1. The summed E-state index contributed by atoms with van der Waals surface area (Å²) >= 11 is 5.33. The second-order valence-electron chi connectivity index (χ2n) is 4.04. The van der Waals surface area contributed by atoms with Gasteiger partial charge in [0.15, 0.2) is 10.4 Å². The number of H-pyrrole nitrogens is 1. The molecule has 1 N–H and O–H groups in total. The fourth-order valence-electron chi connectivity index (χ4n) is 1.97. The number of ether oxygens (including phenoxy) is 1. The normalized spacial score (nSPS) is 11.1. The van der Waals surface area contributed by atoms with Crippen molar-refractivity contribution in [1.82, 2.24) is 29.3 Å². The summed E-state index contributed by atoms with van der Waals surface area (Å²) in [6.45, 7) is 0.593. The molecule has 0 radical (unpaired) electrons. The summed E-state index contributed by atoms with van der Waals surface area (Å²) in [7, 11) is 3.46. The van der Waals surface area contributed by atoms with E-state index in [0.29, 0.717) is 22.7 Å². The van der Waals surface area contributed by atoms with Crippen LogP contribution in [0.3, 0.4) is 0 Å². The van der Waals surface area contributed by atoms with E-state index in [1.165, 1.54) is 6.33 Å². The predicted octanol–water partition coefficient (Wildman–Crippen LogP) is 1.28. The van der Waals surface area contributed by atoms with Crippen LogP contribution in [0, 0.1) is 4.77 Å². The van der Waals surface area contributed by atoms with E-state index in [0.717, 1.165) is 11.3 Å². The van der Waals surface area contributed by atoms with Crippen LogP contribution in [0.25, 0.3) is 11.2 Å². The Hall–Kier alpha value is -2.22. The van der Waals surface area contributed by atoms with E-state index < -0.39 is 0 Å². The smallest absolute Gasteiger partial charge is 0.242 e. The van der Waals surface area contributed by atoms with Crippen molar-refractivity contribution in [2.24, 2.45) is 7.05 Å². The predicted molar refractivity (Wildman–Crippen MR) is 71.6 cm³/mol. The maximum Gasteiger partial charge on any atom is 0.242 e. The first kappa shape index (κ1) is 11.8. The Bertz CT molecular complexity index is 786. The molecule has 0 unspecified atom stereocenters. The second-order valence-corrected chi connectivity index (χ2v) is 4.43. The molecule has 3 heterocycles. The van der Waals surface area contributed by atoms with E-state index in [1.807, 2.05) is 17.7 Å². The van der Waals surface area contributed by atoms with Crippen molar-refractivity contribution in [2.45, 2.75) is 6.54 Å². The lowest BCUT2D eigenvalue weighted by Gasteiger charge is -2.04. The van der Waals surface area contributed by atoms with E-state index in [4.69, 9.17) is 17.0 Å². The van der Waals surface area contributed by atoms with Crippen LogP contribution in [-0.2, 0) is 13.6 Å². The van der Waals surface area contributed by atoms with Gasteiger partial charge in [-0.05, 0) is 18.3 Å². The number of aromatic nitrogens is 6. The first-order valence-electron chi connectivity index (χ1n) is 5.65. The molecule has 8 heteroatoms. The average molecular weight is 276 g/mol. The summed E-state index contributed by atoms with van der Waals surface area (Å²) in [6.07, 6.45) is 3.22. The van der Waals surface area contributed by atoms with Gasteiger partial charge in [-0.15, -0.1) is 0 Å². The molecule has 0 saturated carbocycles. The highest BCUT2D eigenvalue weighted by atomic mass is 32.1. The lowest BCUT2D eigenvalue weighted by Crippen LogP contribution is -2.06. The summed E-state index contributed by atoms with van der Waals surface area (Å²) in [6, 6.07) is 1.94. The zero-order valence-electron chi connectivity index (χ0n) is 10.5. The molecule has 0 fully saturated rings. The summed E-state index contributed by atoms with van der Waals surface area (Å²) in [5.41, 5.74) is 2.46. The van der Waals surface area contributed by atoms with Crippen LogP contribution < -0.4 is 4.74 Å². The third-order valence-corrected chi connectivity index (χ3v) is 3.28. The highest BCUT2D eigenvalue weighted by molar-refractivity contribution is 7.71. The van der Waals surface area contributed by atoms with Crippen molar-refractivity contribution in [3.63, 3.8) is 0 Å². The van der Waals surface area contributed by atoms with Gasteiger partial charge in [0.05, 0.1) is 19.3 Å². The quantitative estimate of drug-likeness (QED) is 0.729. The van der Waals surface area contributed by atoms with Crippen LogP contribution in [0.1, 0.15) is 5.69 Å². The molecule has 0 atom stereocenters. The first-order valence-corrected chi connectivity index (χ1v) is 6.06. The Kier molecular flexibility index (Phi) is 2.79. The van der Waals surface area contributed by atoms with Gasteiger partial charge in [0.25, 0.3) is 0 Å². The van der Waals surface area contributed by atoms with Crippen LogP contribution in [0.5, 0.6) is 5.88 Å². The van der Waals surface area contributed by atoms with Crippen LogP contribution in [0.2, 0.25) is 0 Å². The number of hydrogen-bond acceptors (Lipinski definition) is 5. The standard InChI is InChI=1S/C11H12N6OS/c1-16-7(3-4-14-16)5-17-9-8(15-11(17)19)10(18-2)13-6-12-9/h3-4,6H,5H2,1-2H3,(H,15,19). The highest BCUT2D eigenvalue weighted by Gasteiger charge is 2.12. The molecule has 3 aromatic heterocycles. The van der Waals surface area contributed by atoms with Gasteiger partial charge in [0.1, 0.15) is 11.8 Å². The molecule has 0 aliphatic carbocycles. The Morgan fingerprint density at radius 3 is 2.95 bits per heavy atom. The molecule has 0 aromatic carbocycles. The molecule has 3 aromatic rings. The molecule has 0 aliphatic rings. The Morgan fingerprint density at radius 2 is 2.26 bits per heavy atom. The fourth-order valence-corrected chi connectivity index (χ4v) is 2.22. The van der Waals surface area contributed by atoms with Gasteiger partial charge < -0.3 is 9.72 Å². The third-order valence-electron chi connectivity index (χ3n) is 2.96. The zero-order chi connectivity index (χ0) is 13.4. The topological polar surface area (TPSA) is 73.6 Å². The van der Waals surface area contributed by atoms with Gasteiger partial charge in [0.2, 0.25) is 5.88 Å². The number of nitrogens with one attached hydrogen (secondary N) is 1. The number of hydrogen-bond donors (Lipinski definition) is 1. The molecule has 7 nitrogen and oxygen atoms in total. The van der Waals surface area contributed by atoms with E-state index >= 15 is 0 Å². The van der Waals surface area contributed by atoms with Gasteiger partial charge in [-0.2, -0.15) is 10.1 Å². The third kappa shape index (κ3) is 1.89. The first-order chi connectivity index (χ1) is 9.20. The van der Waals surface area contributed by atoms with Gasteiger partial charge in [-0.3, -0.25) is 9.25 Å². The van der Waals surface area contributed by atoms with Gasteiger partial charge in [-0.1, -0.05) is 0 Å². The number of fused-ring (bicyclic) bond motifs is 1. The molecule has 0 bridgehead atoms. The summed E-state index contributed by atoms with van der Waals surface area (Å²) in [5.74, 6) is 0.486. The van der Waals surface area contributed by atoms with Crippen molar-refractivity contribution in [1.29, 1.82) is 0 Å². The maximum atomic E-state index is 5.33. The van der Waals surface area contributed by atoms with Crippen molar-refractivity contribution < 1.29 is 4.74 Å². The van der Waals surface area contributed by atoms with E-state index in [1.54, 1.807) is 18.0 Å². The lowest BCUT2D eigenvalue weighted by molar-refractivity contribution is 0.401. The van der Waals surface area contributed by atoms with E-state index in [2.05, 4.69) is 20.1 Å². The van der Waals surface area contributed by atoms with Gasteiger partial charge in [0, 0.05) is 13.2 Å². The lowest BCUT2D eigenvalue weighted by atomic mass is 10.4. The summed E-state index contributed by atoms with van der Waals surface area (Å²) in [5, 5.41) is 4.14. The molecule has 3 rings (SSSR count). The monoisotopic (exact) mass is 276 g/mol. The molecule has 0 aliphatic heterocycles. The Morgan fingerprint density at radius 1 is 1.42 bits per heavy atom. The number of nitrogens with zero attached hydrogens (tertiary/aromatic N) is 5. The zero-order valence-corrected chi connectivity index (χ0v) is 11.3. The van der Waals surface area contributed by atoms with Crippen molar-refractivity contribution in [3.05, 3.63) is 29.1 Å². The molecule has 0 amide bonds. The maximum absolute atomic E-state index is 5.33. The van der Waals surface area contributed by atoms with Crippen LogP contribution in [0.4, 0.5) is 0 Å². The number of methoxy groups -OCH3 is 1. The van der Waals surface area contributed by atoms with Gasteiger partial charge in [-0.25, -0.2) is 4.98 Å². The van der Waals surface area contributed by atoms with Crippen LogP contribution >= 0.6 is 12.2 Å². The van der Waals surface area contributed by atoms with Crippen LogP contribution in [-0.4, -0.2) is 36.4 Å². The largest absolute Gasteiger partial charge is 0.479 e. The van der Waals surface area contributed by atoms with Crippen LogP contribution in [0.15, 0.2) is 18.6 Å².